The van der Waals surface area contributed by atoms with Gasteiger partial charge in [0.05, 0.1) is 17.9 Å². The van der Waals surface area contributed by atoms with Gasteiger partial charge in [-0.15, -0.1) is 0 Å². The second-order valence-corrected chi connectivity index (χ2v) is 8.42. The van der Waals surface area contributed by atoms with E-state index in [2.05, 4.69) is 11.9 Å². The fourth-order valence-corrected chi connectivity index (χ4v) is 3.42. The highest BCUT2D eigenvalue weighted by Gasteiger charge is 2.10. The van der Waals surface area contributed by atoms with Crippen LogP contribution in [0.25, 0.3) is 0 Å². The molecule has 3 aromatic rings. The van der Waals surface area contributed by atoms with E-state index in [1.165, 1.54) is 44.4 Å². The van der Waals surface area contributed by atoms with Gasteiger partial charge in [-0.3, -0.25) is 4.99 Å². The number of nitrogens with zero attached hydrogens (tertiary/aromatic N) is 1. The number of aliphatic imine (C=N–C) groups is 1. The Morgan fingerprint density at radius 1 is 0.912 bits per heavy atom. The van der Waals surface area contributed by atoms with Crippen molar-refractivity contribution < 1.29 is 19.4 Å². The summed E-state index contributed by atoms with van der Waals surface area (Å²) in [5.74, 6) is 0.424. The maximum absolute atomic E-state index is 12.5. The average molecular weight is 480 g/mol. The van der Waals surface area contributed by atoms with Crippen LogP contribution < -0.4 is 9.47 Å². The van der Waals surface area contributed by atoms with E-state index >= 15 is 0 Å². The molecular weight excluding hydrogens is 450 g/mol. The van der Waals surface area contributed by atoms with E-state index in [1.54, 1.807) is 60.7 Å². The molecule has 1 N–H and O–H groups in total. The lowest BCUT2D eigenvalue weighted by Crippen LogP contribution is -2.08. The number of carbonyl (C=O) groups is 1. The topological polar surface area (TPSA) is 68.1 Å². The molecule has 0 bridgehead atoms. The van der Waals surface area contributed by atoms with Gasteiger partial charge in [0.1, 0.15) is 17.2 Å². The standard InChI is InChI=1S/C28H30ClNO4/c1-2-3-4-5-6-7-18-33-25-15-8-21(9-16-25)28(32)34-26-17-10-22(27(31)19-26)20-30-24-13-11-23(29)12-14-24/h8-17,19-20,31H,2-7,18H2,1H3. The number of ether oxygens (including phenoxy) is 2. The fourth-order valence-electron chi connectivity index (χ4n) is 3.29. The molecule has 178 valence electrons. The van der Waals surface area contributed by atoms with Crippen LogP contribution in [0.5, 0.6) is 17.2 Å². The number of unbranched alkanes of at least 4 members (excludes halogenated alkanes) is 5. The zero-order valence-corrected chi connectivity index (χ0v) is 20.1. The summed E-state index contributed by atoms with van der Waals surface area (Å²) in [6.07, 6.45) is 8.80. The summed E-state index contributed by atoms with van der Waals surface area (Å²) in [5.41, 5.74) is 1.61. The van der Waals surface area contributed by atoms with Gasteiger partial charge in [0.2, 0.25) is 0 Å². The molecule has 6 heteroatoms. The second kappa shape index (κ2) is 13.4. The summed E-state index contributed by atoms with van der Waals surface area (Å²) in [6, 6.07) is 18.5. The van der Waals surface area contributed by atoms with Gasteiger partial charge >= 0.3 is 5.97 Å². The van der Waals surface area contributed by atoms with Crippen molar-refractivity contribution in [3.63, 3.8) is 0 Å². The van der Waals surface area contributed by atoms with Crippen LogP contribution >= 0.6 is 11.6 Å². The van der Waals surface area contributed by atoms with E-state index < -0.39 is 5.97 Å². The number of phenolic OH excluding ortho intramolecular Hbond substituents is 1. The average Bonchev–Trinajstić information content (AvgIpc) is 2.84. The van der Waals surface area contributed by atoms with Crippen molar-refractivity contribution in [3.05, 3.63) is 82.9 Å². The van der Waals surface area contributed by atoms with E-state index in [0.717, 1.165) is 12.2 Å². The molecular formula is C28H30ClNO4. The van der Waals surface area contributed by atoms with E-state index in [1.807, 2.05) is 0 Å². The zero-order chi connectivity index (χ0) is 24.2. The van der Waals surface area contributed by atoms with Crippen LogP contribution in [0.3, 0.4) is 0 Å². The molecule has 0 aliphatic carbocycles. The van der Waals surface area contributed by atoms with Crippen molar-refractivity contribution in [2.45, 2.75) is 45.4 Å². The van der Waals surface area contributed by atoms with Crippen LogP contribution in [0, 0.1) is 0 Å². The normalized spacial score (nSPS) is 11.0. The first kappa shape index (κ1) is 25.3. The summed E-state index contributed by atoms with van der Waals surface area (Å²) < 4.78 is 11.1. The predicted octanol–water partition coefficient (Wildman–Crippen LogP) is 7.75. The minimum atomic E-state index is -0.510. The molecule has 0 atom stereocenters. The third-order valence-corrected chi connectivity index (χ3v) is 5.50. The molecule has 0 saturated carbocycles. The number of halogens is 1. The number of aromatic hydroxyl groups is 1. The Labute approximate surface area is 206 Å². The summed E-state index contributed by atoms with van der Waals surface area (Å²) in [4.78, 5) is 16.8. The van der Waals surface area contributed by atoms with Gasteiger partial charge in [-0.2, -0.15) is 0 Å². The fraction of sp³-hybridized carbons (Fsp3) is 0.286. The van der Waals surface area contributed by atoms with Gasteiger partial charge in [0.15, 0.2) is 0 Å². The Hall–Kier alpha value is -3.31. The SMILES string of the molecule is CCCCCCCCOc1ccc(C(=O)Oc2ccc(C=Nc3ccc(Cl)cc3)c(O)c2)cc1. The second-order valence-electron chi connectivity index (χ2n) is 7.99. The van der Waals surface area contributed by atoms with E-state index in [0.29, 0.717) is 28.4 Å². The molecule has 3 aromatic carbocycles. The van der Waals surface area contributed by atoms with Gasteiger partial charge in [0.25, 0.3) is 0 Å². The van der Waals surface area contributed by atoms with Gasteiger partial charge < -0.3 is 14.6 Å². The molecule has 0 saturated heterocycles. The molecule has 0 amide bonds. The highest BCUT2D eigenvalue weighted by atomic mass is 35.5. The smallest absolute Gasteiger partial charge is 0.343 e. The number of carbonyl (C=O) groups excluding carboxylic acids is 1. The first-order chi connectivity index (χ1) is 16.5. The van der Waals surface area contributed by atoms with Crippen molar-refractivity contribution in [1.82, 2.24) is 0 Å². The number of esters is 1. The first-order valence-electron chi connectivity index (χ1n) is 11.6. The number of hydrogen-bond acceptors (Lipinski definition) is 5. The number of hydrogen-bond donors (Lipinski definition) is 1. The van der Waals surface area contributed by atoms with Gasteiger partial charge in [-0.25, -0.2) is 4.79 Å². The lowest BCUT2D eigenvalue weighted by Gasteiger charge is -2.08. The molecule has 0 fully saturated rings. The van der Waals surface area contributed by atoms with Crippen LogP contribution in [0.15, 0.2) is 71.7 Å². The van der Waals surface area contributed by atoms with Crippen molar-refractivity contribution in [2.24, 2.45) is 4.99 Å². The molecule has 0 aliphatic heterocycles. The molecule has 34 heavy (non-hydrogen) atoms. The predicted molar refractivity (Wildman–Crippen MR) is 137 cm³/mol. The highest BCUT2D eigenvalue weighted by molar-refractivity contribution is 6.30. The Morgan fingerprint density at radius 3 is 2.29 bits per heavy atom. The number of rotatable bonds is 12. The summed E-state index contributed by atoms with van der Waals surface area (Å²) in [7, 11) is 0. The van der Waals surface area contributed by atoms with Crippen LogP contribution in [-0.4, -0.2) is 23.9 Å². The molecule has 3 rings (SSSR count). The van der Waals surface area contributed by atoms with Crippen molar-refractivity contribution >= 4 is 29.5 Å². The minimum absolute atomic E-state index is 0.0403. The Morgan fingerprint density at radius 2 is 1.59 bits per heavy atom. The molecule has 0 aliphatic rings. The summed E-state index contributed by atoms with van der Waals surface area (Å²) in [6.45, 7) is 2.88. The van der Waals surface area contributed by atoms with Crippen LogP contribution in [0.1, 0.15) is 61.4 Å². The molecule has 0 unspecified atom stereocenters. The van der Waals surface area contributed by atoms with Crippen LogP contribution in [0.4, 0.5) is 5.69 Å². The van der Waals surface area contributed by atoms with Crippen molar-refractivity contribution in [3.8, 4) is 17.2 Å². The van der Waals surface area contributed by atoms with Crippen molar-refractivity contribution in [1.29, 1.82) is 0 Å². The summed E-state index contributed by atoms with van der Waals surface area (Å²) in [5, 5.41) is 10.9. The Balaban J connectivity index is 1.49. The van der Waals surface area contributed by atoms with E-state index in [9.17, 15) is 9.90 Å². The van der Waals surface area contributed by atoms with Crippen LogP contribution in [0.2, 0.25) is 5.02 Å². The third kappa shape index (κ3) is 8.23. The van der Waals surface area contributed by atoms with Gasteiger partial charge in [0, 0.05) is 22.9 Å². The quantitative estimate of drug-likeness (QED) is 0.125. The Kier molecular flexibility index (Phi) is 9.98. The number of benzene rings is 3. The zero-order valence-electron chi connectivity index (χ0n) is 19.4. The maximum atomic E-state index is 12.5. The number of phenols is 1. The molecule has 5 nitrogen and oxygen atoms in total. The Bertz CT molecular complexity index is 1080. The lowest BCUT2D eigenvalue weighted by molar-refractivity contribution is 0.0734. The monoisotopic (exact) mass is 479 g/mol. The van der Waals surface area contributed by atoms with Gasteiger partial charge in [-0.05, 0) is 67.1 Å². The van der Waals surface area contributed by atoms with Crippen molar-refractivity contribution in [2.75, 3.05) is 6.61 Å². The lowest BCUT2D eigenvalue weighted by atomic mass is 10.1. The molecule has 0 spiro atoms. The maximum Gasteiger partial charge on any atom is 0.343 e. The highest BCUT2D eigenvalue weighted by Crippen LogP contribution is 2.25. The minimum Gasteiger partial charge on any atom is -0.507 e. The molecule has 0 aromatic heterocycles. The molecule has 0 radical (unpaired) electrons. The van der Waals surface area contributed by atoms with E-state index in [4.69, 9.17) is 21.1 Å². The van der Waals surface area contributed by atoms with E-state index in [-0.39, 0.29) is 11.5 Å². The van der Waals surface area contributed by atoms with Gasteiger partial charge in [-0.1, -0.05) is 50.6 Å². The first-order valence-corrected chi connectivity index (χ1v) is 12.0. The van der Waals surface area contributed by atoms with Crippen LogP contribution in [-0.2, 0) is 0 Å². The third-order valence-electron chi connectivity index (χ3n) is 5.25. The summed E-state index contributed by atoms with van der Waals surface area (Å²) >= 11 is 5.87. The largest absolute Gasteiger partial charge is 0.507 e. The molecule has 0 heterocycles.